The third-order valence-corrected chi connectivity index (χ3v) is 12.0. The molecule has 0 rings (SSSR count). The molecule has 0 heterocycles. The van der Waals surface area contributed by atoms with Crippen molar-refractivity contribution in [3.63, 3.8) is 0 Å². The van der Waals surface area contributed by atoms with E-state index in [1.807, 2.05) is 0 Å². The molecule has 0 aromatic rings. The van der Waals surface area contributed by atoms with Gasteiger partial charge in [0.25, 0.3) is 0 Å². The minimum atomic E-state index is -0.0799. The molecule has 0 bridgehead atoms. The zero-order chi connectivity index (χ0) is 34.1. The van der Waals surface area contributed by atoms with E-state index in [0.29, 0.717) is 40.4 Å². The fourth-order valence-corrected chi connectivity index (χ4v) is 7.46. The first-order valence-corrected chi connectivity index (χ1v) is 17.4. The Kier molecular flexibility index (Phi) is 19.7. The van der Waals surface area contributed by atoms with E-state index in [0.717, 1.165) is 17.8 Å². The molecule has 0 aromatic heterocycles. The fourth-order valence-electron chi connectivity index (χ4n) is 7.46. The largest absolute Gasteiger partial charge is 0.372 e. The smallest absolute Gasteiger partial charge is 0.0688 e. The Morgan fingerprint density at radius 3 is 0.829 bits per heavy atom. The molecular formula is C40H84O. The van der Waals surface area contributed by atoms with Gasteiger partial charge in [0.05, 0.1) is 11.7 Å². The monoisotopic (exact) mass is 581 g/mol. The molecule has 0 aliphatic heterocycles. The maximum atomic E-state index is 6.13. The van der Waals surface area contributed by atoms with Crippen molar-refractivity contribution in [3.05, 3.63) is 11.1 Å². The van der Waals surface area contributed by atoms with Gasteiger partial charge in [0.15, 0.2) is 0 Å². The fraction of sp³-hybridized carbons (Fsp3) is 0.950. The molecule has 0 saturated heterocycles. The minimum absolute atomic E-state index is 0.0799. The standard InChI is InChI=1S/C14H30O.C14H30.C12H24/c1-10(2)14(9,11(3)4)13(7,8)15-12(5)6;1-10(2)13(7,8)14(9,11(3)4)12(5)6;1-8(2)11(7)12(9(3)4)10(5)6/h10-12H,1-9H3;10-12H,1-9H3;8-10H,1-7H3. The number of allylic oxidation sites excluding steroid dienone is 2. The predicted molar refractivity (Wildman–Crippen MR) is 192 cm³/mol. The van der Waals surface area contributed by atoms with Crippen LogP contribution in [0.1, 0.15) is 173 Å². The molecule has 0 radical (unpaired) electrons. The molecule has 250 valence electrons. The molecule has 0 fully saturated rings. The highest BCUT2D eigenvalue weighted by atomic mass is 16.5. The van der Waals surface area contributed by atoms with Gasteiger partial charge in [0, 0.05) is 5.41 Å². The second-order valence-electron chi connectivity index (χ2n) is 17.3. The Balaban J connectivity index is -0.000000532. The predicted octanol–water partition coefficient (Wildman–Crippen LogP) is 13.8. The van der Waals surface area contributed by atoms with E-state index >= 15 is 0 Å². The van der Waals surface area contributed by atoms with Gasteiger partial charge >= 0.3 is 0 Å². The number of ether oxygens (including phenoxy) is 1. The summed E-state index contributed by atoms with van der Waals surface area (Å²) in [6.07, 6.45) is 0.289. The maximum absolute atomic E-state index is 6.13. The molecular weight excluding hydrogens is 496 g/mol. The van der Waals surface area contributed by atoms with Crippen LogP contribution in [0.3, 0.4) is 0 Å². The molecule has 0 aliphatic carbocycles. The van der Waals surface area contributed by atoms with Crippen LogP contribution in [0.25, 0.3) is 0 Å². The van der Waals surface area contributed by atoms with Crippen molar-refractivity contribution in [2.45, 2.75) is 185 Å². The van der Waals surface area contributed by atoms with Crippen LogP contribution in [0.15, 0.2) is 11.1 Å². The summed E-state index contributed by atoms with van der Waals surface area (Å²) < 4.78 is 6.13. The lowest BCUT2D eigenvalue weighted by Gasteiger charge is -2.53. The molecule has 0 amide bonds. The molecule has 0 spiro atoms. The molecule has 0 aromatic carbocycles. The van der Waals surface area contributed by atoms with Crippen LogP contribution in [0.5, 0.6) is 0 Å². The normalized spacial score (nSPS) is 13.6. The summed E-state index contributed by atoms with van der Waals surface area (Å²) in [5.74, 6) is 5.54. The topological polar surface area (TPSA) is 9.23 Å². The molecule has 0 unspecified atom stereocenters. The zero-order valence-corrected chi connectivity index (χ0v) is 33.6. The second kappa shape index (κ2) is 17.9. The molecule has 0 atom stereocenters. The van der Waals surface area contributed by atoms with Gasteiger partial charge in [-0.15, -0.1) is 0 Å². The number of rotatable bonds is 12. The maximum Gasteiger partial charge on any atom is 0.0688 e. The van der Waals surface area contributed by atoms with Gasteiger partial charge in [-0.2, -0.15) is 0 Å². The van der Waals surface area contributed by atoms with Crippen LogP contribution in [0, 0.1) is 63.6 Å². The Labute approximate surface area is 263 Å². The molecule has 0 saturated carbocycles. The highest BCUT2D eigenvalue weighted by Crippen LogP contribution is 2.53. The lowest BCUT2D eigenvalue weighted by Crippen LogP contribution is -2.51. The van der Waals surface area contributed by atoms with Crippen LogP contribution in [0.4, 0.5) is 0 Å². The lowest BCUT2D eigenvalue weighted by molar-refractivity contribution is -0.165. The first-order valence-electron chi connectivity index (χ1n) is 17.4. The van der Waals surface area contributed by atoms with E-state index in [1.54, 1.807) is 11.1 Å². The minimum Gasteiger partial charge on any atom is -0.372 e. The first kappa shape index (κ1) is 45.1. The summed E-state index contributed by atoms with van der Waals surface area (Å²) in [6.45, 7) is 57.7. The van der Waals surface area contributed by atoms with E-state index in [2.05, 4.69) is 173 Å². The third kappa shape index (κ3) is 12.0. The van der Waals surface area contributed by atoms with Gasteiger partial charge in [0.2, 0.25) is 0 Å². The highest BCUT2D eigenvalue weighted by molar-refractivity contribution is 5.17. The van der Waals surface area contributed by atoms with Crippen LogP contribution in [-0.2, 0) is 4.74 Å². The number of hydrogen-bond acceptors (Lipinski definition) is 1. The van der Waals surface area contributed by atoms with Crippen LogP contribution < -0.4 is 0 Å². The van der Waals surface area contributed by atoms with Crippen LogP contribution in [0.2, 0.25) is 0 Å². The van der Waals surface area contributed by atoms with E-state index in [4.69, 9.17) is 4.74 Å². The Morgan fingerprint density at radius 1 is 0.415 bits per heavy atom. The average Bonchev–Trinajstić information content (AvgIpc) is 2.76. The molecule has 41 heavy (non-hydrogen) atoms. The van der Waals surface area contributed by atoms with E-state index in [1.165, 1.54) is 0 Å². The van der Waals surface area contributed by atoms with Crippen LogP contribution >= 0.6 is 0 Å². The zero-order valence-electron chi connectivity index (χ0n) is 33.6. The summed E-state index contributed by atoms with van der Waals surface area (Å²) in [6, 6.07) is 0. The Morgan fingerprint density at radius 2 is 0.707 bits per heavy atom. The highest BCUT2D eigenvalue weighted by Gasteiger charge is 2.48. The van der Waals surface area contributed by atoms with Gasteiger partial charge in [-0.25, -0.2) is 0 Å². The van der Waals surface area contributed by atoms with E-state index < -0.39 is 0 Å². The molecule has 1 heteroatoms. The summed E-state index contributed by atoms with van der Waals surface area (Å²) in [5.41, 5.74) is 4.17. The van der Waals surface area contributed by atoms with Crippen molar-refractivity contribution in [1.82, 2.24) is 0 Å². The third-order valence-electron chi connectivity index (χ3n) is 12.0. The Bertz CT molecular complexity index is 696. The van der Waals surface area contributed by atoms with Crippen molar-refractivity contribution in [1.29, 1.82) is 0 Å². The van der Waals surface area contributed by atoms with Crippen molar-refractivity contribution in [2.75, 3.05) is 0 Å². The van der Waals surface area contributed by atoms with Crippen molar-refractivity contribution < 1.29 is 4.74 Å². The summed E-state index contributed by atoms with van der Waals surface area (Å²) in [4.78, 5) is 0. The average molecular weight is 581 g/mol. The van der Waals surface area contributed by atoms with Gasteiger partial charge in [0.1, 0.15) is 0 Å². The molecule has 1 nitrogen and oxygen atoms in total. The summed E-state index contributed by atoms with van der Waals surface area (Å²) in [5, 5.41) is 0. The molecule has 0 N–H and O–H groups in total. The Hall–Kier alpha value is -0.300. The van der Waals surface area contributed by atoms with E-state index in [-0.39, 0.29) is 17.1 Å². The first-order chi connectivity index (χ1) is 18.0. The van der Waals surface area contributed by atoms with Gasteiger partial charge < -0.3 is 4.74 Å². The van der Waals surface area contributed by atoms with Gasteiger partial charge in [-0.3, -0.25) is 0 Å². The molecule has 0 aliphatic rings. The summed E-state index contributed by atoms with van der Waals surface area (Å²) >= 11 is 0. The van der Waals surface area contributed by atoms with Crippen LogP contribution in [-0.4, -0.2) is 11.7 Å². The van der Waals surface area contributed by atoms with Gasteiger partial charge in [-0.05, 0) is 92.8 Å². The van der Waals surface area contributed by atoms with Crippen molar-refractivity contribution >= 4 is 0 Å². The van der Waals surface area contributed by atoms with E-state index in [9.17, 15) is 0 Å². The second-order valence-corrected chi connectivity index (χ2v) is 17.3. The van der Waals surface area contributed by atoms with Gasteiger partial charge in [-0.1, -0.05) is 150 Å². The SMILES string of the molecule is CC(=C(C(C)C)C(C)C)C(C)C.CC(C)C(C)(C)C(C)(C(C)C)C(C)C.CC(C)OC(C)(C)C(C)(C(C)C)C(C)C. The van der Waals surface area contributed by atoms with Crippen molar-refractivity contribution in [2.24, 2.45) is 63.6 Å². The van der Waals surface area contributed by atoms with Crippen molar-refractivity contribution in [3.8, 4) is 0 Å². The quantitative estimate of drug-likeness (QED) is 0.209. The lowest BCUT2D eigenvalue weighted by atomic mass is 9.52. The summed E-state index contributed by atoms with van der Waals surface area (Å²) in [7, 11) is 0. The number of hydrogen-bond donors (Lipinski definition) is 0.